The van der Waals surface area contributed by atoms with Crippen LogP contribution in [0.25, 0.3) is 5.69 Å². The molecule has 0 saturated heterocycles. The van der Waals surface area contributed by atoms with Gasteiger partial charge in [-0.25, -0.2) is 13.1 Å². The molecule has 3 aromatic carbocycles. The molecule has 0 atom stereocenters. The van der Waals surface area contributed by atoms with Crippen molar-refractivity contribution < 1.29 is 18.3 Å². The van der Waals surface area contributed by atoms with Gasteiger partial charge < -0.3 is 10.4 Å². The Morgan fingerprint density at radius 3 is 2.48 bits per heavy atom. The minimum absolute atomic E-state index is 0.0410. The Labute approximate surface area is 195 Å². The number of hydrogen-bond acceptors (Lipinski definition) is 5. The van der Waals surface area contributed by atoms with Crippen molar-refractivity contribution in [2.75, 3.05) is 10.0 Å². The van der Waals surface area contributed by atoms with E-state index < -0.39 is 15.9 Å². The quantitative estimate of drug-likeness (QED) is 0.348. The zero-order chi connectivity index (χ0) is 23.6. The van der Waals surface area contributed by atoms with Crippen molar-refractivity contribution in [3.8, 4) is 11.4 Å². The number of hydrogen-bond donors (Lipinski definition) is 3. The number of anilines is 2. The van der Waals surface area contributed by atoms with Gasteiger partial charge in [0.15, 0.2) is 0 Å². The third kappa shape index (κ3) is 5.16. The number of nitrogens with zero attached hydrogens (tertiary/aromatic N) is 2. The SMILES string of the molecule is Cc1cnn(-c2ccc(C(=O)Nc3cc(S(=O)(=O)Nc4cccc(Cl)c4)ccc3O)cc2)c1. The molecule has 0 aliphatic carbocycles. The van der Waals surface area contributed by atoms with Crippen molar-refractivity contribution in [3.05, 3.63) is 95.3 Å². The molecule has 4 aromatic rings. The first kappa shape index (κ1) is 22.4. The fourth-order valence-electron chi connectivity index (χ4n) is 3.06. The molecule has 33 heavy (non-hydrogen) atoms. The Morgan fingerprint density at radius 2 is 1.82 bits per heavy atom. The number of aromatic nitrogens is 2. The number of carbonyl (C=O) groups is 1. The summed E-state index contributed by atoms with van der Waals surface area (Å²) in [5.41, 5.74) is 2.36. The lowest BCUT2D eigenvalue weighted by molar-refractivity contribution is 0.102. The molecule has 4 rings (SSSR count). The Bertz CT molecular complexity index is 1430. The van der Waals surface area contributed by atoms with Crippen LogP contribution < -0.4 is 10.0 Å². The molecule has 0 unspecified atom stereocenters. The Morgan fingerprint density at radius 1 is 1.06 bits per heavy atom. The molecule has 0 saturated carbocycles. The van der Waals surface area contributed by atoms with Crippen LogP contribution in [-0.2, 0) is 10.0 Å². The van der Waals surface area contributed by atoms with Crippen LogP contribution in [0.4, 0.5) is 11.4 Å². The monoisotopic (exact) mass is 482 g/mol. The summed E-state index contributed by atoms with van der Waals surface area (Å²) in [6.07, 6.45) is 3.59. The van der Waals surface area contributed by atoms with E-state index in [9.17, 15) is 18.3 Å². The zero-order valence-corrected chi connectivity index (χ0v) is 18.9. The highest BCUT2D eigenvalue weighted by Gasteiger charge is 2.18. The van der Waals surface area contributed by atoms with E-state index in [2.05, 4.69) is 15.1 Å². The van der Waals surface area contributed by atoms with Crippen LogP contribution in [0.2, 0.25) is 5.02 Å². The summed E-state index contributed by atoms with van der Waals surface area (Å²) in [6, 6.07) is 16.6. The number of aromatic hydroxyl groups is 1. The van der Waals surface area contributed by atoms with Crippen molar-refractivity contribution in [1.29, 1.82) is 0 Å². The summed E-state index contributed by atoms with van der Waals surface area (Å²) in [6.45, 7) is 1.93. The zero-order valence-electron chi connectivity index (χ0n) is 17.4. The molecule has 0 radical (unpaired) electrons. The fraction of sp³-hybridized carbons (Fsp3) is 0.0435. The molecule has 0 spiro atoms. The lowest BCUT2D eigenvalue weighted by atomic mass is 10.2. The molecule has 0 bridgehead atoms. The molecule has 1 aromatic heterocycles. The summed E-state index contributed by atoms with van der Waals surface area (Å²) in [4.78, 5) is 12.5. The first-order chi connectivity index (χ1) is 15.7. The van der Waals surface area contributed by atoms with E-state index in [0.29, 0.717) is 10.6 Å². The van der Waals surface area contributed by atoms with Crippen LogP contribution in [0, 0.1) is 6.92 Å². The van der Waals surface area contributed by atoms with Gasteiger partial charge in [0.25, 0.3) is 15.9 Å². The lowest BCUT2D eigenvalue weighted by Crippen LogP contribution is -2.15. The van der Waals surface area contributed by atoms with E-state index in [1.54, 1.807) is 53.3 Å². The highest BCUT2D eigenvalue weighted by molar-refractivity contribution is 7.92. The topological polar surface area (TPSA) is 113 Å². The summed E-state index contributed by atoms with van der Waals surface area (Å²) in [5, 5.41) is 17.3. The van der Waals surface area contributed by atoms with Crippen molar-refractivity contribution in [3.63, 3.8) is 0 Å². The van der Waals surface area contributed by atoms with E-state index in [4.69, 9.17) is 11.6 Å². The molecule has 10 heteroatoms. The van der Waals surface area contributed by atoms with Gasteiger partial charge in [0.2, 0.25) is 0 Å². The molecule has 1 amide bonds. The predicted octanol–water partition coefficient (Wildman–Crippen LogP) is 4.59. The Hall–Kier alpha value is -3.82. The highest BCUT2D eigenvalue weighted by Crippen LogP contribution is 2.28. The number of benzene rings is 3. The number of phenolic OH excluding ortho intramolecular Hbond substituents is 1. The third-order valence-electron chi connectivity index (χ3n) is 4.71. The average molecular weight is 483 g/mol. The normalized spacial score (nSPS) is 11.2. The van der Waals surface area contributed by atoms with Crippen molar-refractivity contribution in [2.24, 2.45) is 0 Å². The second kappa shape index (κ2) is 8.97. The van der Waals surface area contributed by atoms with Gasteiger partial charge in [-0.15, -0.1) is 0 Å². The molecular formula is C23H19ClN4O4S. The minimum Gasteiger partial charge on any atom is -0.506 e. The maximum Gasteiger partial charge on any atom is 0.261 e. The van der Waals surface area contributed by atoms with Crippen LogP contribution in [0.5, 0.6) is 5.75 Å². The molecule has 0 aliphatic rings. The minimum atomic E-state index is -3.98. The molecule has 0 aliphatic heterocycles. The lowest BCUT2D eigenvalue weighted by Gasteiger charge is -2.12. The van der Waals surface area contributed by atoms with Gasteiger partial charge in [-0.2, -0.15) is 5.10 Å². The number of nitrogens with one attached hydrogen (secondary N) is 2. The van der Waals surface area contributed by atoms with E-state index >= 15 is 0 Å². The Balaban J connectivity index is 1.53. The maximum atomic E-state index is 12.7. The number of sulfonamides is 1. The van der Waals surface area contributed by atoms with Crippen molar-refractivity contribution >= 4 is 38.9 Å². The molecule has 1 heterocycles. The molecular weight excluding hydrogens is 464 g/mol. The number of carbonyl (C=O) groups excluding carboxylic acids is 1. The van der Waals surface area contributed by atoms with Gasteiger partial charge in [0.05, 0.1) is 28.2 Å². The molecule has 8 nitrogen and oxygen atoms in total. The van der Waals surface area contributed by atoms with E-state index in [1.807, 2.05) is 13.1 Å². The van der Waals surface area contributed by atoms with Gasteiger partial charge in [-0.1, -0.05) is 17.7 Å². The van der Waals surface area contributed by atoms with E-state index in [0.717, 1.165) is 11.3 Å². The average Bonchev–Trinajstić information content (AvgIpc) is 3.21. The highest BCUT2D eigenvalue weighted by atomic mass is 35.5. The number of rotatable bonds is 6. The number of amides is 1. The van der Waals surface area contributed by atoms with Crippen molar-refractivity contribution in [2.45, 2.75) is 11.8 Å². The molecule has 0 fully saturated rings. The second-order valence-corrected chi connectivity index (χ2v) is 9.38. The van der Waals surface area contributed by atoms with Gasteiger partial charge in [-0.3, -0.25) is 9.52 Å². The smallest absolute Gasteiger partial charge is 0.261 e. The number of halogens is 1. The van der Waals surface area contributed by atoms with Crippen molar-refractivity contribution in [1.82, 2.24) is 9.78 Å². The standard InChI is InChI=1S/C23H19ClN4O4S/c1-15-13-25-28(14-15)19-7-5-16(6-8-19)23(30)26-21-12-20(9-10-22(21)29)33(31,32)27-18-4-2-3-17(24)11-18/h2-14,27,29H,1H3,(H,26,30). The first-order valence-electron chi connectivity index (χ1n) is 9.76. The van der Waals surface area contributed by atoms with Crippen LogP contribution in [0.1, 0.15) is 15.9 Å². The number of phenols is 1. The summed E-state index contributed by atoms with van der Waals surface area (Å²) >= 11 is 5.91. The third-order valence-corrected chi connectivity index (χ3v) is 6.32. The molecule has 168 valence electrons. The summed E-state index contributed by atoms with van der Waals surface area (Å²) in [7, 11) is -3.98. The number of aryl methyl sites for hydroxylation is 1. The molecule has 3 N–H and O–H groups in total. The maximum absolute atomic E-state index is 12.7. The Kier molecular flexibility index (Phi) is 6.08. The van der Waals surface area contributed by atoms with Gasteiger partial charge >= 0.3 is 0 Å². The van der Waals surface area contributed by atoms with E-state index in [1.165, 1.54) is 24.3 Å². The largest absolute Gasteiger partial charge is 0.506 e. The first-order valence-corrected chi connectivity index (χ1v) is 11.6. The predicted molar refractivity (Wildman–Crippen MR) is 127 cm³/mol. The second-order valence-electron chi connectivity index (χ2n) is 7.26. The van der Waals surface area contributed by atoms with Gasteiger partial charge in [0, 0.05) is 16.8 Å². The van der Waals surface area contributed by atoms with Crippen LogP contribution >= 0.6 is 11.6 Å². The van der Waals surface area contributed by atoms with Crippen LogP contribution in [0.15, 0.2) is 84.0 Å². The fourth-order valence-corrected chi connectivity index (χ4v) is 4.33. The van der Waals surface area contributed by atoms with Crippen LogP contribution in [-0.4, -0.2) is 29.2 Å². The summed E-state index contributed by atoms with van der Waals surface area (Å²) < 4.78 is 29.6. The van der Waals surface area contributed by atoms with E-state index in [-0.39, 0.29) is 22.0 Å². The summed E-state index contributed by atoms with van der Waals surface area (Å²) in [5.74, 6) is -0.778. The van der Waals surface area contributed by atoms with Crippen LogP contribution in [0.3, 0.4) is 0 Å². The van der Waals surface area contributed by atoms with Gasteiger partial charge in [-0.05, 0) is 73.2 Å². The van der Waals surface area contributed by atoms with Gasteiger partial charge in [0.1, 0.15) is 5.75 Å².